The van der Waals surface area contributed by atoms with Crippen molar-refractivity contribution in [1.29, 1.82) is 0 Å². The molecule has 2 unspecified atom stereocenters. The summed E-state index contributed by atoms with van der Waals surface area (Å²) in [6.45, 7) is 6.09. The van der Waals surface area contributed by atoms with Crippen LogP contribution >= 0.6 is 0 Å². The number of nitrogens with two attached hydrogens (primary N) is 1. The Kier molecular flexibility index (Phi) is 3.76. The first-order valence-corrected chi connectivity index (χ1v) is 7.06. The molecule has 2 aliphatic rings. The van der Waals surface area contributed by atoms with Crippen LogP contribution in [0.3, 0.4) is 0 Å². The second-order valence-electron chi connectivity index (χ2n) is 6.37. The van der Waals surface area contributed by atoms with E-state index in [1.165, 1.54) is 12.8 Å². The number of likely N-dealkylation sites (tertiary alicyclic amines) is 1. The van der Waals surface area contributed by atoms with Gasteiger partial charge in [-0.15, -0.1) is 0 Å². The Morgan fingerprint density at radius 2 is 2.12 bits per heavy atom. The molecule has 2 N–H and O–H groups in total. The van der Waals surface area contributed by atoms with Gasteiger partial charge in [0.2, 0.25) is 5.91 Å². The molecular formula is C14H26N2O. The fourth-order valence-electron chi connectivity index (χ4n) is 3.47. The Morgan fingerprint density at radius 3 is 2.71 bits per heavy atom. The van der Waals surface area contributed by atoms with E-state index in [0.29, 0.717) is 11.8 Å². The van der Waals surface area contributed by atoms with Crippen molar-refractivity contribution in [2.45, 2.75) is 57.9 Å². The first-order valence-electron chi connectivity index (χ1n) is 7.06. The van der Waals surface area contributed by atoms with Crippen LogP contribution in [0.25, 0.3) is 0 Å². The minimum atomic E-state index is 0.0761. The third kappa shape index (κ3) is 2.65. The van der Waals surface area contributed by atoms with Crippen molar-refractivity contribution in [1.82, 2.24) is 4.90 Å². The van der Waals surface area contributed by atoms with Crippen molar-refractivity contribution >= 4 is 5.91 Å². The van der Waals surface area contributed by atoms with Crippen LogP contribution in [0, 0.1) is 11.8 Å². The molecule has 1 aliphatic heterocycles. The first-order chi connectivity index (χ1) is 8.04. The molecule has 0 aromatic carbocycles. The number of carbonyl (C=O) groups excluding carboxylic acids is 1. The van der Waals surface area contributed by atoms with E-state index in [2.05, 4.69) is 18.7 Å². The van der Waals surface area contributed by atoms with Crippen LogP contribution in [0.15, 0.2) is 0 Å². The molecule has 98 valence electrons. The maximum Gasteiger partial charge on any atom is 0.226 e. The normalized spacial score (nSPS) is 32.8. The van der Waals surface area contributed by atoms with Gasteiger partial charge >= 0.3 is 0 Å². The molecule has 0 spiro atoms. The minimum absolute atomic E-state index is 0.0761. The van der Waals surface area contributed by atoms with Crippen LogP contribution in [0.4, 0.5) is 0 Å². The summed E-state index contributed by atoms with van der Waals surface area (Å²) in [6, 6.07) is 0. The van der Waals surface area contributed by atoms with Crippen molar-refractivity contribution in [3.8, 4) is 0 Å². The largest absolute Gasteiger partial charge is 0.337 e. The average Bonchev–Trinajstić information content (AvgIpc) is 2.68. The quantitative estimate of drug-likeness (QED) is 0.801. The van der Waals surface area contributed by atoms with E-state index in [4.69, 9.17) is 5.73 Å². The summed E-state index contributed by atoms with van der Waals surface area (Å²) in [6.07, 6.45) is 6.78. The lowest BCUT2D eigenvalue weighted by molar-refractivity contribution is -0.140. The molecular weight excluding hydrogens is 212 g/mol. The van der Waals surface area contributed by atoms with Gasteiger partial charge in [-0.05, 0) is 58.4 Å². The molecule has 17 heavy (non-hydrogen) atoms. The second-order valence-corrected chi connectivity index (χ2v) is 6.37. The van der Waals surface area contributed by atoms with E-state index < -0.39 is 0 Å². The maximum absolute atomic E-state index is 12.6. The van der Waals surface area contributed by atoms with Gasteiger partial charge in [0.05, 0.1) is 0 Å². The Morgan fingerprint density at radius 1 is 1.35 bits per heavy atom. The van der Waals surface area contributed by atoms with E-state index in [1.54, 1.807) is 0 Å². The molecule has 1 heterocycles. The highest BCUT2D eigenvalue weighted by atomic mass is 16.2. The van der Waals surface area contributed by atoms with Crippen LogP contribution in [0.5, 0.6) is 0 Å². The smallest absolute Gasteiger partial charge is 0.226 e. The molecule has 3 heteroatoms. The zero-order chi connectivity index (χ0) is 12.5. The van der Waals surface area contributed by atoms with Crippen molar-refractivity contribution in [2.24, 2.45) is 17.6 Å². The number of carbonyl (C=O) groups is 1. The lowest BCUT2D eigenvalue weighted by Crippen LogP contribution is -2.46. The number of amides is 1. The number of hydrogen-bond acceptors (Lipinski definition) is 2. The summed E-state index contributed by atoms with van der Waals surface area (Å²) in [5.74, 6) is 1.21. The molecule has 2 fully saturated rings. The molecule has 1 saturated carbocycles. The Hall–Kier alpha value is -0.570. The van der Waals surface area contributed by atoms with Crippen molar-refractivity contribution in [2.75, 3.05) is 13.1 Å². The third-order valence-electron chi connectivity index (χ3n) is 4.63. The van der Waals surface area contributed by atoms with Gasteiger partial charge in [0.25, 0.3) is 0 Å². The lowest BCUT2D eigenvalue weighted by atomic mass is 9.80. The molecule has 1 amide bonds. The van der Waals surface area contributed by atoms with Crippen molar-refractivity contribution in [3.63, 3.8) is 0 Å². The van der Waals surface area contributed by atoms with Crippen LogP contribution < -0.4 is 5.73 Å². The fraction of sp³-hybridized carbons (Fsp3) is 0.929. The molecule has 1 saturated heterocycles. The molecule has 0 bridgehead atoms. The first kappa shape index (κ1) is 12.9. The maximum atomic E-state index is 12.6. The third-order valence-corrected chi connectivity index (χ3v) is 4.63. The van der Waals surface area contributed by atoms with Crippen LogP contribution in [-0.2, 0) is 4.79 Å². The summed E-state index contributed by atoms with van der Waals surface area (Å²) in [4.78, 5) is 14.7. The monoisotopic (exact) mass is 238 g/mol. The average molecular weight is 238 g/mol. The van der Waals surface area contributed by atoms with E-state index in [-0.39, 0.29) is 11.5 Å². The summed E-state index contributed by atoms with van der Waals surface area (Å²) in [5, 5.41) is 0. The highest BCUT2D eigenvalue weighted by molar-refractivity contribution is 5.80. The van der Waals surface area contributed by atoms with Gasteiger partial charge in [-0.2, -0.15) is 0 Å². The Labute approximate surface area is 105 Å². The van der Waals surface area contributed by atoms with Crippen LogP contribution in [-0.4, -0.2) is 29.4 Å². The predicted octanol–water partition coefficient (Wildman–Crippen LogP) is 2.15. The summed E-state index contributed by atoms with van der Waals surface area (Å²) in [5.41, 5.74) is 5.82. The highest BCUT2D eigenvalue weighted by Gasteiger charge is 2.39. The summed E-state index contributed by atoms with van der Waals surface area (Å²) in [7, 11) is 0. The molecule has 0 aromatic rings. The number of nitrogens with zero attached hydrogens (tertiary/aromatic N) is 1. The molecule has 0 radical (unpaired) electrons. The highest BCUT2D eigenvalue weighted by Crippen LogP contribution is 2.35. The standard InChI is InChI=1S/C14H26N2O/c1-14(2)7-4-8-16(14)13(17)12-6-3-5-11(9-12)10-15/h11-12H,3-10,15H2,1-2H3. The zero-order valence-electron chi connectivity index (χ0n) is 11.2. The van der Waals surface area contributed by atoms with E-state index in [9.17, 15) is 4.79 Å². The zero-order valence-corrected chi connectivity index (χ0v) is 11.2. The molecule has 1 aliphatic carbocycles. The summed E-state index contributed by atoms with van der Waals surface area (Å²) >= 11 is 0. The second kappa shape index (κ2) is 4.97. The Balaban J connectivity index is 1.99. The minimum Gasteiger partial charge on any atom is -0.337 e. The van der Waals surface area contributed by atoms with Gasteiger partial charge in [-0.3, -0.25) is 4.79 Å². The van der Waals surface area contributed by atoms with Gasteiger partial charge in [0.1, 0.15) is 0 Å². The van der Waals surface area contributed by atoms with Crippen molar-refractivity contribution < 1.29 is 4.79 Å². The molecule has 2 atom stereocenters. The van der Waals surface area contributed by atoms with Crippen molar-refractivity contribution in [3.05, 3.63) is 0 Å². The SMILES string of the molecule is CC1(C)CCCN1C(=O)C1CCCC(CN)C1. The van der Waals surface area contributed by atoms with E-state index >= 15 is 0 Å². The molecule has 2 rings (SSSR count). The van der Waals surface area contributed by atoms with E-state index in [0.717, 1.165) is 38.8 Å². The number of hydrogen-bond donors (Lipinski definition) is 1. The topological polar surface area (TPSA) is 46.3 Å². The predicted molar refractivity (Wildman–Crippen MR) is 69.5 cm³/mol. The molecule has 3 nitrogen and oxygen atoms in total. The van der Waals surface area contributed by atoms with Crippen LogP contribution in [0.1, 0.15) is 52.4 Å². The van der Waals surface area contributed by atoms with Gasteiger partial charge in [0.15, 0.2) is 0 Å². The van der Waals surface area contributed by atoms with Gasteiger partial charge in [-0.25, -0.2) is 0 Å². The van der Waals surface area contributed by atoms with Gasteiger partial charge in [0, 0.05) is 18.0 Å². The summed E-state index contributed by atoms with van der Waals surface area (Å²) < 4.78 is 0. The van der Waals surface area contributed by atoms with Gasteiger partial charge in [-0.1, -0.05) is 6.42 Å². The number of rotatable bonds is 2. The lowest BCUT2D eigenvalue weighted by Gasteiger charge is -2.37. The van der Waals surface area contributed by atoms with Gasteiger partial charge < -0.3 is 10.6 Å². The molecule has 0 aromatic heterocycles. The fourth-order valence-corrected chi connectivity index (χ4v) is 3.47. The van der Waals surface area contributed by atoms with E-state index in [1.807, 2.05) is 0 Å². The Bertz CT molecular complexity index is 288. The van der Waals surface area contributed by atoms with Crippen LogP contribution in [0.2, 0.25) is 0 Å².